The number of carbonyl (C=O) groups is 1. The minimum atomic E-state index is 0.244. The summed E-state index contributed by atoms with van der Waals surface area (Å²) in [5.74, 6) is 0.244. The van der Waals surface area contributed by atoms with E-state index in [-0.39, 0.29) is 5.91 Å². The van der Waals surface area contributed by atoms with Crippen molar-refractivity contribution >= 4 is 5.91 Å². The summed E-state index contributed by atoms with van der Waals surface area (Å²) in [5.41, 5.74) is 0. The van der Waals surface area contributed by atoms with Crippen LogP contribution in [0.4, 0.5) is 0 Å². The number of rotatable bonds is 7. The summed E-state index contributed by atoms with van der Waals surface area (Å²) in [5, 5.41) is 3.55. The summed E-state index contributed by atoms with van der Waals surface area (Å²) in [6, 6.07) is 1.21. The summed E-state index contributed by atoms with van der Waals surface area (Å²) in [6.07, 6.45) is 5.60. The SMILES string of the molecule is CC(C)NCC1CCCCN1CCCC(=O)N(C)C. The van der Waals surface area contributed by atoms with E-state index >= 15 is 0 Å². The van der Waals surface area contributed by atoms with Crippen molar-refractivity contribution < 1.29 is 4.79 Å². The van der Waals surface area contributed by atoms with E-state index in [9.17, 15) is 4.79 Å². The van der Waals surface area contributed by atoms with Gasteiger partial charge in [0.2, 0.25) is 5.91 Å². The number of nitrogens with one attached hydrogen (secondary N) is 1. The Balaban J connectivity index is 2.29. The lowest BCUT2D eigenvalue weighted by atomic mass is 10.0. The minimum Gasteiger partial charge on any atom is -0.349 e. The molecule has 0 saturated carbocycles. The lowest BCUT2D eigenvalue weighted by Gasteiger charge is -2.36. The number of amides is 1. The van der Waals surface area contributed by atoms with E-state index in [0.29, 0.717) is 18.5 Å². The van der Waals surface area contributed by atoms with Gasteiger partial charge in [-0.25, -0.2) is 0 Å². The van der Waals surface area contributed by atoms with Crippen LogP contribution < -0.4 is 5.32 Å². The molecule has 0 radical (unpaired) electrons. The van der Waals surface area contributed by atoms with Crippen LogP contribution in [0.25, 0.3) is 0 Å². The molecule has 0 bridgehead atoms. The zero-order valence-electron chi connectivity index (χ0n) is 13.1. The monoisotopic (exact) mass is 269 g/mol. The third-order valence-electron chi connectivity index (χ3n) is 3.85. The van der Waals surface area contributed by atoms with Crippen molar-refractivity contribution in [2.45, 2.75) is 58.0 Å². The molecule has 0 aromatic carbocycles. The maximum absolute atomic E-state index is 11.6. The van der Waals surface area contributed by atoms with Crippen LogP contribution in [0.1, 0.15) is 46.0 Å². The van der Waals surface area contributed by atoms with Gasteiger partial charge >= 0.3 is 0 Å². The molecule has 1 rings (SSSR count). The van der Waals surface area contributed by atoms with Crippen LogP contribution in [0, 0.1) is 0 Å². The topological polar surface area (TPSA) is 35.6 Å². The van der Waals surface area contributed by atoms with Crippen LogP contribution >= 0.6 is 0 Å². The van der Waals surface area contributed by atoms with Crippen LogP contribution in [-0.4, -0.2) is 61.5 Å². The first-order valence-corrected chi connectivity index (χ1v) is 7.68. The fourth-order valence-electron chi connectivity index (χ4n) is 2.61. The molecule has 4 heteroatoms. The molecule has 1 atom stereocenters. The predicted molar refractivity (Wildman–Crippen MR) is 80.3 cm³/mol. The van der Waals surface area contributed by atoms with Gasteiger partial charge in [0.1, 0.15) is 0 Å². The van der Waals surface area contributed by atoms with E-state index in [1.807, 2.05) is 14.1 Å². The normalized spacial score (nSPS) is 20.8. The molecular weight excluding hydrogens is 238 g/mol. The van der Waals surface area contributed by atoms with Crippen LogP contribution in [0.2, 0.25) is 0 Å². The molecule has 1 fully saturated rings. The summed E-state index contributed by atoms with van der Waals surface area (Å²) in [7, 11) is 3.66. The Morgan fingerprint density at radius 1 is 1.37 bits per heavy atom. The highest BCUT2D eigenvalue weighted by Crippen LogP contribution is 2.17. The van der Waals surface area contributed by atoms with Gasteiger partial charge in [0, 0.05) is 39.1 Å². The summed E-state index contributed by atoms with van der Waals surface area (Å²) < 4.78 is 0. The molecule has 1 amide bonds. The van der Waals surface area contributed by atoms with Gasteiger partial charge in [-0.15, -0.1) is 0 Å². The Bertz CT molecular complexity index is 266. The largest absolute Gasteiger partial charge is 0.349 e. The highest BCUT2D eigenvalue weighted by Gasteiger charge is 2.22. The van der Waals surface area contributed by atoms with E-state index < -0.39 is 0 Å². The van der Waals surface area contributed by atoms with Crippen molar-refractivity contribution in [3.8, 4) is 0 Å². The highest BCUT2D eigenvalue weighted by atomic mass is 16.2. The average Bonchev–Trinajstić information content (AvgIpc) is 2.37. The van der Waals surface area contributed by atoms with Gasteiger partial charge < -0.3 is 10.2 Å². The maximum Gasteiger partial charge on any atom is 0.222 e. The Hall–Kier alpha value is -0.610. The van der Waals surface area contributed by atoms with Crippen LogP contribution in [0.15, 0.2) is 0 Å². The van der Waals surface area contributed by atoms with Crippen molar-refractivity contribution in [1.29, 1.82) is 0 Å². The van der Waals surface area contributed by atoms with Crippen molar-refractivity contribution in [1.82, 2.24) is 15.1 Å². The molecule has 4 nitrogen and oxygen atoms in total. The fourth-order valence-corrected chi connectivity index (χ4v) is 2.61. The summed E-state index contributed by atoms with van der Waals surface area (Å²) in [4.78, 5) is 15.8. The van der Waals surface area contributed by atoms with Crippen molar-refractivity contribution in [3.05, 3.63) is 0 Å². The van der Waals surface area contributed by atoms with E-state index in [2.05, 4.69) is 24.1 Å². The zero-order chi connectivity index (χ0) is 14.3. The Morgan fingerprint density at radius 3 is 2.74 bits per heavy atom. The van der Waals surface area contributed by atoms with Crippen molar-refractivity contribution in [3.63, 3.8) is 0 Å². The zero-order valence-corrected chi connectivity index (χ0v) is 13.1. The van der Waals surface area contributed by atoms with Crippen molar-refractivity contribution in [2.24, 2.45) is 0 Å². The first-order valence-electron chi connectivity index (χ1n) is 7.68. The maximum atomic E-state index is 11.6. The Morgan fingerprint density at radius 2 is 2.11 bits per heavy atom. The lowest BCUT2D eigenvalue weighted by Crippen LogP contribution is -2.47. The second kappa shape index (κ2) is 8.54. The van der Waals surface area contributed by atoms with Gasteiger partial charge in [-0.2, -0.15) is 0 Å². The van der Waals surface area contributed by atoms with Crippen LogP contribution in [0.3, 0.4) is 0 Å². The van der Waals surface area contributed by atoms with E-state index in [4.69, 9.17) is 0 Å². The van der Waals surface area contributed by atoms with Crippen LogP contribution in [0.5, 0.6) is 0 Å². The molecule has 0 aromatic rings. The molecule has 0 aromatic heterocycles. The van der Waals surface area contributed by atoms with E-state index in [1.54, 1.807) is 4.90 Å². The molecule has 1 heterocycles. The van der Waals surface area contributed by atoms with Gasteiger partial charge in [-0.3, -0.25) is 9.69 Å². The van der Waals surface area contributed by atoms with Crippen LogP contribution in [-0.2, 0) is 4.79 Å². The highest BCUT2D eigenvalue weighted by molar-refractivity contribution is 5.75. The van der Waals surface area contributed by atoms with Gasteiger partial charge in [0.15, 0.2) is 0 Å². The predicted octanol–water partition coefficient (Wildman–Crippen LogP) is 1.71. The lowest BCUT2D eigenvalue weighted by molar-refractivity contribution is -0.128. The standard InChI is InChI=1S/C15H31N3O/c1-13(2)16-12-14-8-5-6-10-18(14)11-7-9-15(19)17(3)4/h13-14,16H,5-12H2,1-4H3. The molecule has 1 unspecified atom stereocenters. The third-order valence-corrected chi connectivity index (χ3v) is 3.85. The number of carbonyl (C=O) groups excluding carboxylic acids is 1. The van der Waals surface area contributed by atoms with Crippen molar-refractivity contribution in [2.75, 3.05) is 33.7 Å². The Kier molecular flexibility index (Phi) is 7.39. The van der Waals surface area contributed by atoms with E-state index in [1.165, 1.54) is 25.8 Å². The molecule has 19 heavy (non-hydrogen) atoms. The van der Waals surface area contributed by atoms with Gasteiger partial charge in [0.25, 0.3) is 0 Å². The quantitative estimate of drug-likeness (QED) is 0.764. The van der Waals surface area contributed by atoms with Gasteiger partial charge in [-0.1, -0.05) is 20.3 Å². The molecule has 1 N–H and O–H groups in total. The third kappa shape index (κ3) is 6.39. The summed E-state index contributed by atoms with van der Waals surface area (Å²) in [6.45, 7) is 7.73. The summed E-state index contributed by atoms with van der Waals surface area (Å²) >= 11 is 0. The second-order valence-corrected chi connectivity index (χ2v) is 6.14. The number of likely N-dealkylation sites (tertiary alicyclic amines) is 1. The average molecular weight is 269 g/mol. The minimum absolute atomic E-state index is 0.244. The van der Waals surface area contributed by atoms with Gasteiger partial charge in [-0.05, 0) is 32.4 Å². The number of nitrogens with zero attached hydrogens (tertiary/aromatic N) is 2. The first kappa shape index (κ1) is 16.4. The van der Waals surface area contributed by atoms with E-state index in [0.717, 1.165) is 19.5 Å². The molecule has 1 saturated heterocycles. The molecule has 0 aliphatic carbocycles. The smallest absolute Gasteiger partial charge is 0.222 e. The number of hydrogen-bond donors (Lipinski definition) is 1. The number of hydrogen-bond acceptors (Lipinski definition) is 3. The first-order chi connectivity index (χ1) is 9.00. The Labute approximate surface area is 118 Å². The van der Waals surface area contributed by atoms with Gasteiger partial charge in [0.05, 0.1) is 0 Å². The number of piperidine rings is 1. The molecule has 1 aliphatic rings. The molecular formula is C15H31N3O. The molecule has 0 spiro atoms. The molecule has 1 aliphatic heterocycles. The molecule has 112 valence electrons. The second-order valence-electron chi connectivity index (χ2n) is 6.14. The fraction of sp³-hybridized carbons (Fsp3) is 0.933.